The number of carbonyl (C=O) groups is 1. The molecule has 0 atom stereocenters. The topological polar surface area (TPSA) is 72.7 Å². The first-order chi connectivity index (χ1) is 10.1. The van der Waals surface area contributed by atoms with Crippen LogP contribution in [0.1, 0.15) is 0 Å². The van der Waals surface area contributed by atoms with Crippen LogP contribution >= 0.6 is 0 Å². The summed E-state index contributed by atoms with van der Waals surface area (Å²) >= 11 is 0. The van der Waals surface area contributed by atoms with Crippen LogP contribution in [0.5, 0.6) is 5.75 Å². The molecule has 0 radical (unpaired) electrons. The highest BCUT2D eigenvalue weighted by Gasteiger charge is 2.13. The van der Waals surface area contributed by atoms with Crippen LogP contribution in [0.15, 0.2) is 54.6 Å². The minimum absolute atomic E-state index is 0.0138. The molecule has 0 N–H and O–H groups in total. The van der Waals surface area contributed by atoms with Crippen molar-refractivity contribution in [2.75, 3.05) is 18.6 Å². The Balaban J connectivity index is 1.97. The van der Waals surface area contributed by atoms with E-state index < -0.39 is 4.92 Å². The fraction of sp³-hybridized carbons (Fsp3) is 0.133. The van der Waals surface area contributed by atoms with Gasteiger partial charge in [-0.25, -0.2) is 0 Å². The summed E-state index contributed by atoms with van der Waals surface area (Å²) in [5, 5.41) is 10.6. The predicted molar refractivity (Wildman–Crippen MR) is 78.4 cm³/mol. The summed E-state index contributed by atoms with van der Waals surface area (Å²) < 4.78 is 5.37. The van der Waals surface area contributed by atoms with Gasteiger partial charge in [0.1, 0.15) is 5.75 Å². The van der Waals surface area contributed by atoms with Gasteiger partial charge in [-0.3, -0.25) is 14.9 Å². The van der Waals surface area contributed by atoms with Crippen molar-refractivity contribution < 1.29 is 14.5 Å². The van der Waals surface area contributed by atoms with Crippen LogP contribution in [0.4, 0.5) is 11.4 Å². The predicted octanol–water partition coefficient (Wildman–Crippen LogP) is 2.64. The quantitative estimate of drug-likeness (QED) is 0.625. The lowest BCUT2D eigenvalue weighted by Crippen LogP contribution is -2.31. The molecule has 2 rings (SSSR count). The molecule has 0 spiro atoms. The number of nitro benzene ring substituents is 1. The van der Waals surface area contributed by atoms with E-state index in [-0.39, 0.29) is 18.2 Å². The Morgan fingerprint density at radius 2 is 1.76 bits per heavy atom. The Morgan fingerprint density at radius 3 is 2.33 bits per heavy atom. The van der Waals surface area contributed by atoms with Crippen LogP contribution in [-0.2, 0) is 4.79 Å². The highest BCUT2D eigenvalue weighted by atomic mass is 16.6. The van der Waals surface area contributed by atoms with Crippen LogP contribution in [0.2, 0.25) is 0 Å². The third-order valence-electron chi connectivity index (χ3n) is 2.93. The highest BCUT2D eigenvalue weighted by molar-refractivity contribution is 5.94. The number of amides is 1. The number of hydrogen-bond acceptors (Lipinski definition) is 4. The Hall–Kier alpha value is -2.89. The van der Waals surface area contributed by atoms with E-state index in [1.54, 1.807) is 19.2 Å². The zero-order valence-electron chi connectivity index (χ0n) is 11.4. The molecule has 6 nitrogen and oxygen atoms in total. The minimum atomic E-state index is -0.482. The summed E-state index contributed by atoms with van der Waals surface area (Å²) in [5.74, 6) is 0.371. The third-order valence-corrected chi connectivity index (χ3v) is 2.93. The summed E-state index contributed by atoms with van der Waals surface area (Å²) in [6.07, 6.45) is 0. The van der Waals surface area contributed by atoms with Gasteiger partial charge < -0.3 is 9.64 Å². The standard InChI is InChI=1S/C15H14N2O4/c1-16(12-7-9-13(10-8-12)17(19)20)15(18)11-21-14-5-3-2-4-6-14/h2-10H,11H2,1H3. The maximum atomic E-state index is 12.0. The van der Waals surface area contributed by atoms with Crippen LogP contribution < -0.4 is 9.64 Å². The van der Waals surface area contributed by atoms with E-state index in [0.29, 0.717) is 11.4 Å². The van der Waals surface area contributed by atoms with Crippen LogP contribution in [0.25, 0.3) is 0 Å². The Bertz CT molecular complexity index is 626. The third kappa shape index (κ3) is 3.79. The molecule has 2 aromatic carbocycles. The van der Waals surface area contributed by atoms with Crippen molar-refractivity contribution in [1.29, 1.82) is 0 Å². The van der Waals surface area contributed by atoms with Gasteiger partial charge in [0, 0.05) is 24.9 Å². The second-order valence-corrected chi connectivity index (χ2v) is 4.33. The SMILES string of the molecule is CN(C(=O)COc1ccccc1)c1ccc([N+](=O)[O-])cc1. The lowest BCUT2D eigenvalue weighted by Gasteiger charge is -2.17. The normalized spacial score (nSPS) is 9.95. The number of para-hydroxylation sites is 1. The number of ether oxygens (including phenoxy) is 1. The van der Waals surface area contributed by atoms with Crippen molar-refractivity contribution >= 4 is 17.3 Å². The fourth-order valence-electron chi connectivity index (χ4n) is 1.70. The first-order valence-electron chi connectivity index (χ1n) is 6.27. The van der Waals surface area contributed by atoms with Crippen molar-refractivity contribution in [1.82, 2.24) is 0 Å². The van der Waals surface area contributed by atoms with E-state index in [1.165, 1.54) is 29.2 Å². The van der Waals surface area contributed by atoms with Gasteiger partial charge in [0.2, 0.25) is 0 Å². The second kappa shape index (κ2) is 6.51. The van der Waals surface area contributed by atoms with E-state index in [1.807, 2.05) is 18.2 Å². The van der Waals surface area contributed by atoms with E-state index in [0.717, 1.165) is 0 Å². The molecule has 0 fully saturated rings. The molecule has 0 saturated carbocycles. The van der Waals surface area contributed by atoms with E-state index in [9.17, 15) is 14.9 Å². The van der Waals surface area contributed by atoms with Gasteiger partial charge in [-0.15, -0.1) is 0 Å². The van der Waals surface area contributed by atoms with Gasteiger partial charge in [-0.2, -0.15) is 0 Å². The van der Waals surface area contributed by atoms with Crippen molar-refractivity contribution in [3.63, 3.8) is 0 Å². The number of hydrogen-bond donors (Lipinski definition) is 0. The Labute approximate surface area is 121 Å². The van der Waals surface area contributed by atoms with E-state index >= 15 is 0 Å². The number of rotatable bonds is 5. The van der Waals surface area contributed by atoms with E-state index in [4.69, 9.17) is 4.74 Å². The molecule has 6 heteroatoms. The average Bonchev–Trinajstić information content (AvgIpc) is 2.53. The van der Waals surface area contributed by atoms with Crippen molar-refractivity contribution in [2.24, 2.45) is 0 Å². The molecule has 0 aliphatic heterocycles. The Morgan fingerprint density at radius 1 is 1.14 bits per heavy atom. The molecular formula is C15H14N2O4. The number of benzene rings is 2. The molecule has 0 heterocycles. The van der Waals surface area contributed by atoms with Crippen molar-refractivity contribution in [3.8, 4) is 5.75 Å². The number of nitro groups is 1. The summed E-state index contributed by atoms with van der Waals surface area (Å²) in [7, 11) is 1.60. The zero-order valence-corrected chi connectivity index (χ0v) is 11.4. The van der Waals surface area contributed by atoms with Crippen LogP contribution in [0.3, 0.4) is 0 Å². The van der Waals surface area contributed by atoms with Gasteiger partial charge in [0.15, 0.2) is 6.61 Å². The summed E-state index contributed by atoms with van der Waals surface area (Å²) in [4.78, 5) is 23.5. The first-order valence-corrected chi connectivity index (χ1v) is 6.27. The average molecular weight is 286 g/mol. The Kier molecular flexibility index (Phi) is 4.50. The molecule has 0 bridgehead atoms. The van der Waals surface area contributed by atoms with Gasteiger partial charge in [-0.1, -0.05) is 18.2 Å². The molecule has 0 saturated heterocycles. The van der Waals surface area contributed by atoms with Gasteiger partial charge in [0.25, 0.3) is 11.6 Å². The largest absolute Gasteiger partial charge is 0.484 e. The molecule has 0 aliphatic rings. The number of nitrogens with zero attached hydrogens (tertiary/aromatic N) is 2. The zero-order chi connectivity index (χ0) is 15.2. The molecule has 1 amide bonds. The van der Waals surface area contributed by atoms with Gasteiger partial charge >= 0.3 is 0 Å². The number of carbonyl (C=O) groups excluding carboxylic acids is 1. The molecule has 21 heavy (non-hydrogen) atoms. The molecule has 0 aromatic heterocycles. The lowest BCUT2D eigenvalue weighted by atomic mass is 10.2. The monoisotopic (exact) mass is 286 g/mol. The number of non-ortho nitro benzene ring substituents is 1. The number of likely N-dealkylation sites (N-methyl/N-ethyl adjacent to an activating group) is 1. The minimum Gasteiger partial charge on any atom is -0.484 e. The summed E-state index contributed by atoms with van der Waals surface area (Å²) in [6, 6.07) is 14.8. The van der Waals surface area contributed by atoms with Crippen LogP contribution in [0, 0.1) is 10.1 Å². The fourth-order valence-corrected chi connectivity index (χ4v) is 1.70. The first kappa shape index (κ1) is 14.5. The van der Waals surface area contributed by atoms with Gasteiger partial charge in [-0.05, 0) is 24.3 Å². The summed E-state index contributed by atoms with van der Waals surface area (Å²) in [6.45, 7) is -0.0997. The summed E-state index contributed by atoms with van der Waals surface area (Å²) in [5.41, 5.74) is 0.558. The molecule has 0 aliphatic carbocycles. The number of anilines is 1. The second-order valence-electron chi connectivity index (χ2n) is 4.33. The maximum absolute atomic E-state index is 12.0. The lowest BCUT2D eigenvalue weighted by molar-refractivity contribution is -0.384. The van der Waals surface area contributed by atoms with Gasteiger partial charge in [0.05, 0.1) is 4.92 Å². The maximum Gasteiger partial charge on any atom is 0.269 e. The van der Waals surface area contributed by atoms with E-state index in [2.05, 4.69) is 0 Å². The molecule has 2 aromatic rings. The van der Waals surface area contributed by atoms with Crippen molar-refractivity contribution in [2.45, 2.75) is 0 Å². The molecule has 0 unspecified atom stereocenters. The van der Waals surface area contributed by atoms with Crippen molar-refractivity contribution in [3.05, 3.63) is 64.7 Å². The molecule has 108 valence electrons. The van der Waals surface area contributed by atoms with Crippen LogP contribution in [-0.4, -0.2) is 24.5 Å². The smallest absolute Gasteiger partial charge is 0.269 e. The molecular weight excluding hydrogens is 272 g/mol. The highest BCUT2D eigenvalue weighted by Crippen LogP contribution is 2.18.